The van der Waals surface area contributed by atoms with Gasteiger partial charge in [-0.15, -0.1) is 0 Å². The van der Waals surface area contributed by atoms with E-state index in [1.807, 2.05) is 0 Å². The molecular weight excluding hydrogens is 556 g/mol. The Balaban J connectivity index is 1.35. The van der Waals surface area contributed by atoms with Crippen LogP contribution in [-0.4, -0.2) is 0 Å². The molecule has 0 unspecified atom stereocenters. The molecule has 0 N–H and O–H groups in total. The van der Waals surface area contributed by atoms with Crippen molar-refractivity contribution < 1.29 is 0 Å². The summed E-state index contributed by atoms with van der Waals surface area (Å²) >= 11 is 0. The Kier molecular flexibility index (Phi) is 4.63. The molecule has 0 saturated carbocycles. The van der Waals surface area contributed by atoms with E-state index in [4.69, 9.17) is 0 Å². The average molecular weight is 583 g/mol. The minimum Gasteiger partial charge on any atom is -0.192 e. The van der Waals surface area contributed by atoms with Crippen LogP contribution in [0, 0.1) is 50.4 Å². The molecule has 0 fully saturated rings. The summed E-state index contributed by atoms with van der Waals surface area (Å²) in [5.41, 5.74) is 15.9. The summed E-state index contributed by atoms with van der Waals surface area (Å²) in [5.74, 6) is 0. The molecule has 0 bridgehead atoms. The molecule has 212 valence electrons. The zero-order valence-corrected chi connectivity index (χ0v) is 26.0. The molecule has 2 nitrogen and oxygen atoms in total. The second kappa shape index (κ2) is 8.39. The summed E-state index contributed by atoms with van der Waals surface area (Å²) in [7, 11) is 0. The molecule has 0 heterocycles. The van der Waals surface area contributed by atoms with Crippen molar-refractivity contribution in [2.45, 2.75) is 27.7 Å². The van der Waals surface area contributed by atoms with E-state index < -0.39 is 0 Å². The van der Waals surface area contributed by atoms with Crippen molar-refractivity contribution in [3.8, 4) is 56.6 Å². The first-order valence-electron chi connectivity index (χ1n) is 15.8. The van der Waals surface area contributed by atoms with Crippen LogP contribution in [-0.2, 0) is 0 Å². The largest absolute Gasteiger partial charge is 0.192 e. The van der Waals surface area contributed by atoms with Gasteiger partial charge in [0.25, 0.3) is 0 Å². The lowest BCUT2D eigenvalue weighted by molar-refractivity contribution is 1.48. The lowest BCUT2D eigenvalue weighted by Crippen LogP contribution is -1.91. The maximum Gasteiger partial charge on any atom is 0.0998 e. The summed E-state index contributed by atoms with van der Waals surface area (Å²) in [5, 5.41) is 32.1. The molecule has 2 aliphatic rings. The molecule has 0 amide bonds. The first-order chi connectivity index (χ1) is 22.3. The predicted octanol–water partition coefficient (Wildman–Crippen LogP) is 11.7. The SMILES string of the molecule is Cc1cc2c3c(cc(C)cc3c1)-c1cc3c(cc1-2)c(C#N)cc1c2cc4c(cc2c(C#N)cc31)-c1cc(C)cc2cc(C)cc-4c12. The standard InChI is InChI=1S/C44H26N2/c1-21-5-25-7-23(3)11-41-37-17-33-29(15-35(37)39(9-21)43(25)41)27(19-45)13-32-31(33)14-28(20-46)30-16-36-38(18-34(30)32)42-12-24(4)8-26-6-22(2)10-40(36)44(26)42/h5-18H,1-4H3. The molecule has 0 atom stereocenters. The lowest BCUT2D eigenvalue weighted by Gasteiger charge is -2.15. The molecule has 2 heteroatoms. The fourth-order valence-corrected chi connectivity index (χ4v) is 8.69. The quantitative estimate of drug-likeness (QED) is 0.167. The van der Waals surface area contributed by atoms with Crippen LogP contribution in [0.4, 0.5) is 0 Å². The molecule has 8 aromatic rings. The minimum atomic E-state index is 0.657. The zero-order chi connectivity index (χ0) is 31.2. The number of rotatable bonds is 0. The van der Waals surface area contributed by atoms with E-state index in [9.17, 15) is 10.5 Å². The van der Waals surface area contributed by atoms with Crippen LogP contribution < -0.4 is 0 Å². The third-order valence-electron chi connectivity index (χ3n) is 10.4. The topological polar surface area (TPSA) is 47.6 Å². The molecule has 0 radical (unpaired) electrons. The molecule has 0 aromatic heterocycles. The number of hydrogen-bond acceptors (Lipinski definition) is 2. The van der Waals surface area contributed by atoms with Crippen LogP contribution in [0.15, 0.2) is 84.9 Å². The molecule has 0 spiro atoms. The van der Waals surface area contributed by atoms with Gasteiger partial charge in [-0.1, -0.05) is 48.5 Å². The van der Waals surface area contributed by atoms with Crippen molar-refractivity contribution >= 4 is 53.9 Å². The van der Waals surface area contributed by atoms with E-state index in [1.54, 1.807) is 0 Å². The van der Waals surface area contributed by atoms with Gasteiger partial charge in [-0.3, -0.25) is 0 Å². The van der Waals surface area contributed by atoms with Crippen LogP contribution in [0.5, 0.6) is 0 Å². The van der Waals surface area contributed by atoms with Crippen LogP contribution in [0.1, 0.15) is 33.4 Å². The Morgan fingerprint density at radius 3 is 0.913 bits per heavy atom. The van der Waals surface area contributed by atoms with E-state index >= 15 is 0 Å². The molecular formula is C44H26N2. The number of fused-ring (bicyclic) bond motifs is 11. The van der Waals surface area contributed by atoms with Gasteiger partial charge in [0, 0.05) is 10.8 Å². The van der Waals surface area contributed by atoms with E-state index in [1.165, 1.54) is 88.3 Å². The summed E-state index contributed by atoms with van der Waals surface area (Å²) in [6.45, 7) is 8.62. The van der Waals surface area contributed by atoms with Gasteiger partial charge in [0.1, 0.15) is 0 Å². The number of hydrogen-bond donors (Lipinski definition) is 0. The molecule has 46 heavy (non-hydrogen) atoms. The highest BCUT2D eigenvalue weighted by atomic mass is 14.3. The second-order valence-corrected chi connectivity index (χ2v) is 13.5. The maximum absolute atomic E-state index is 10.6. The summed E-state index contributed by atoms with van der Waals surface area (Å²) in [6.07, 6.45) is 0. The number of benzene rings is 8. The highest BCUT2D eigenvalue weighted by Gasteiger charge is 2.27. The third-order valence-corrected chi connectivity index (χ3v) is 10.4. The van der Waals surface area contributed by atoms with Gasteiger partial charge >= 0.3 is 0 Å². The van der Waals surface area contributed by atoms with Gasteiger partial charge in [-0.2, -0.15) is 10.5 Å². The van der Waals surface area contributed by atoms with Crippen molar-refractivity contribution in [2.24, 2.45) is 0 Å². The normalized spacial score (nSPS) is 12.3. The van der Waals surface area contributed by atoms with Gasteiger partial charge in [0.05, 0.1) is 23.3 Å². The fourth-order valence-electron chi connectivity index (χ4n) is 8.69. The van der Waals surface area contributed by atoms with Gasteiger partial charge < -0.3 is 0 Å². The zero-order valence-electron chi connectivity index (χ0n) is 26.0. The summed E-state index contributed by atoms with van der Waals surface area (Å²) < 4.78 is 0. The van der Waals surface area contributed by atoms with Gasteiger partial charge in [0.2, 0.25) is 0 Å². The van der Waals surface area contributed by atoms with Crippen LogP contribution in [0.25, 0.3) is 98.4 Å². The van der Waals surface area contributed by atoms with Crippen LogP contribution in [0.3, 0.4) is 0 Å². The van der Waals surface area contributed by atoms with Gasteiger partial charge in [-0.05, 0) is 174 Å². The van der Waals surface area contributed by atoms with Crippen molar-refractivity contribution in [1.29, 1.82) is 10.5 Å². The average Bonchev–Trinajstić information content (AvgIpc) is 3.50. The Hall–Kier alpha value is -5.96. The second-order valence-electron chi connectivity index (χ2n) is 13.5. The predicted molar refractivity (Wildman–Crippen MR) is 191 cm³/mol. The number of nitriles is 2. The number of aryl methyl sites for hydroxylation is 4. The molecule has 10 rings (SSSR count). The molecule has 8 aromatic carbocycles. The van der Waals surface area contributed by atoms with Crippen molar-refractivity contribution in [3.63, 3.8) is 0 Å². The van der Waals surface area contributed by atoms with Crippen molar-refractivity contribution in [1.82, 2.24) is 0 Å². The maximum atomic E-state index is 10.6. The molecule has 0 aliphatic heterocycles. The van der Waals surface area contributed by atoms with E-state index in [-0.39, 0.29) is 0 Å². The van der Waals surface area contributed by atoms with Crippen LogP contribution >= 0.6 is 0 Å². The highest BCUT2D eigenvalue weighted by Crippen LogP contribution is 2.53. The Labute approximate surface area is 266 Å². The first kappa shape index (κ1) is 25.4. The smallest absolute Gasteiger partial charge is 0.0998 e. The Bertz CT molecular complexity index is 2700. The third kappa shape index (κ3) is 3.09. The molecule has 0 saturated heterocycles. The minimum absolute atomic E-state index is 0.657. The monoisotopic (exact) mass is 582 g/mol. The van der Waals surface area contributed by atoms with Gasteiger partial charge in [0.15, 0.2) is 0 Å². The summed E-state index contributed by atoms with van der Waals surface area (Å²) in [6, 6.07) is 36.4. The summed E-state index contributed by atoms with van der Waals surface area (Å²) in [4.78, 5) is 0. The van der Waals surface area contributed by atoms with E-state index in [2.05, 4.69) is 125 Å². The first-order valence-corrected chi connectivity index (χ1v) is 15.8. The lowest BCUT2D eigenvalue weighted by atomic mass is 9.87. The Morgan fingerprint density at radius 1 is 0.326 bits per heavy atom. The highest BCUT2D eigenvalue weighted by molar-refractivity contribution is 6.26. The van der Waals surface area contributed by atoms with Crippen LogP contribution in [0.2, 0.25) is 0 Å². The fraction of sp³-hybridized carbons (Fsp3) is 0.0909. The van der Waals surface area contributed by atoms with Gasteiger partial charge in [-0.25, -0.2) is 0 Å². The van der Waals surface area contributed by atoms with E-state index in [0.717, 1.165) is 32.3 Å². The van der Waals surface area contributed by atoms with Crippen molar-refractivity contribution in [2.75, 3.05) is 0 Å². The number of nitrogens with zero attached hydrogens (tertiary/aromatic N) is 2. The Morgan fingerprint density at radius 2 is 0.609 bits per heavy atom. The molecule has 2 aliphatic carbocycles. The van der Waals surface area contributed by atoms with E-state index in [0.29, 0.717) is 11.1 Å². The van der Waals surface area contributed by atoms with Crippen molar-refractivity contribution in [3.05, 3.63) is 118 Å².